The van der Waals surface area contributed by atoms with Crippen LogP contribution < -0.4 is 0 Å². The number of aliphatic hydroxyl groups is 11. The highest BCUT2D eigenvalue weighted by Crippen LogP contribution is 2.70. The lowest BCUT2D eigenvalue weighted by molar-refractivity contribution is -0.384. The number of aliphatic hydroxyl groups excluding tert-OH is 10. The molecule has 8 aliphatic rings. The zero-order chi connectivity index (χ0) is 45.5. The van der Waals surface area contributed by atoms with Crippen LogP contribution in [-0.2, 0) is 33.2 Å². The van der Waals surface area contributed by atoms with Crippen LogP contribution in [0.2, 0.25) is 0 Å². The lowest BCUT2D eigenvalue weighted by Crippen LogP contribution is -2.66. The first-order chi connectivity index (χ1) is 29.8. The zero-order valence-corrected chi connectivity index (χ0v) is 37.1. The summed E-state index contributed by atoms with van der Waals surface area (Å²) in [6.45, 7) is 9.21. The zero-order valence-electron chi connectivity index (χ0n) is 37.1. The molecule has 0 aromatic heterocycles. The van der Waals surface area contributed by atoms with Crippen LogP contribution >= 0.6 is 0 Å². The minimum absolute atomic E-state index is 0.00456. The van der Waals surface area contributed by atoms with Crippen molar-refractivity contribution in [3.63, 3.8) is 0 Å². The molecule has 0 aromatic carbocycles. The summed E-state index contributed by atoms with van der Waals surface area (Å²) < 4.78 is 42.4. The van der Waals surface area contributed by atoms with Crippen LogP contribution in [0.15, 0.2) is 11.6 Å². The van der Waals surface area contributed by atoms with Crippen molar-refractivity contribution >= 4 is 0 Å². The second kappa shape index (κ2) is 18.5. The Hall–Kier alpha value is -0.980. The molecule has 63 heavy (non-hydrogen) atoms. The minimum Gasteiger partial charge on any atom is -0.396 e. The maximum Gasteiger partial charge on any atom is 0.187 e. The Morgan fingerprint density at radius 3 is 2.03 bits per heavy atom. The molecule has 4 aliphatic heterocycles. The molecule has 0 aromatic rings. The first kappa shape index (κ1) is 48.5. The van der Waals surface area contributed by atoms with Gasteiger partial charge in [0.2, 0.25) is 0 Å². The predicted octanol–water partition coefficient (Wildman–Crippen LogP) is -0.831. The molecule has 0 spiro atoms. The Balaban J connectivity index is 0.925. The lowest BCUT2D eigenvalue weighted by Gasteiger charge is -2.58. The van der Waals surface area contributed by atoms with Gasteiger partial charge in [0.15, 0.2) is 24.7 Å². The molecule has 26 atom stereocenters. The van der Waals surface area contributed by atoms with Gasteiger partial charge in [0.05, 0.1) is 31.5 Å². The minimum atomic E-state index is -1.81. The quantitative estimate of drug-likeness (QED) is 0.107. The van der Waals surface area contributed by atoms with Gasteiger partial charge < -0.3 is 89.3 Å². The summed E-state index contributed by atoms with van der Waals surface area (Å²) in [5.41, 5.74) is 1.28. The van der Waals surface area contributed by atoms with Gasteiger partial charge >= 0.3 is 0 Å². The maximum atomic E-state index is 11.7. The van der Waals surface area contributed by atoms with E-state index in [0.717, 1.165) is 32.1 Å². The molecular formula is C45H74O18. The molecular weight excluding hydrogens is 828 g/mol. The highest BCUT2D eigenvalue weighted by atomic mass is 16.8. The van der Waals surface area contributed by atoms with Gasteiger partial charge in [0.25, 0.3) is 0 Å². The van der Waals surface area contributed by atoms with Gasteiger partial charge in [-0.1, -0.05) is 39.3 Å². The summed E-state index contributed by atoms with van der Waals surface area (Å²) in [6, 6.07) is 0. The van der Waals surface area contributed by atoms with E-state index in [1.807, 2.05) is 6.92 Å². The molecule has 4 aliphatic carbocycles. The topological polar surface area (TPSA) is 287 Å². The van der Waals surface area contributed by atoms with Gasteiger partial charge in [-0.15, -0.1) is 0 Å². The third kappa shape index (κ3) is 8.41. The van der Waals surface area contributed by atoms with Crippen LogP contribution in [0.4, 0.5) is 0 Å². The monoisotopic (exact) mass is 902 g/mol. The van der Waals surface area contributed by atoms with E-state index in [-0.39, 0.29) is 47.4 Å². The van der Waals surface area contributed by atoms with Crippen molar-refractivity contribution in [2.75, 3.05) is 19.8 Å². The van der Waals surface area contributed by atoms with Crippen LogP contribution in [0, 0.1) is 46.3 Å². The summed E-state index contributed by atoms with van der Waals surface area (Å²) in [5.74, 6) is 0.584. The first-order valence-electron chi connectivity index (χ1n) is 23.4. The Morgan fingerprint density at radius 2 is 1.35 bits per heavy atom. The number of fused-ring (bicyclic) bond motifs is 7. The fourth-order valence-corrected chi connectivity index (χ4v) is 13.6. The second-order valence-corrected chi connectivity index (χ2v) is 21.0. The molecule has 3 saturated carbocycles. The normalized spacial score (nSPS) is 55.0. The molecule has 8 rings (SSSR count). The molecule has 18 heteroatoms. The standard InChI is InChI=1S/C45H74O18/c1-19(16-46)8-13-45(56)20(2)30-27(63-45)15-26-24-7-6-22-14-23(9-11-43(22,4)25(24)10-12-44(26,30)5)58-42-39(34(52)32(50)29(18-48)60-42)62-40-37(55)35(53)38(21(3)57-40)61-41-36(54)33(51)31(49)28(17-47)59-41/h6,19-21,23-42,46-56H,7-18H2,1-5H3/t19?,20-,21+,23-,24+,25-,26-,27-,28+,29+,30-,31+,32+,33-,34-,35+,36+,37-,38+,39+,40-,41?,42+,43-,44-,45?/m0/s1. The molecule has 0 amide bonds. The number of allylic oxidation sites excluding steroid dienone is 1. The molecule has 4 saturated heterocycles. The van der Waals surface area contributed by atoms with E-state index in [2.05, 4.69) is 26.8 Å². The van der Waals surface area contributed by atoms with Crippen molar-refractivity contribution in [1.82, 2.24) is 0 Å². The van der Waals surface area contributed by atoms with Gasteiger partial charge in [-0.05, 0) is 98.7 Å². The fraction of sp³-hybridized carbons (Fsp3) is 0.956. The van der Waals surface area contributed by atoms with Crippen LogP contribution in [0.5, 0.6) is 0 Å². The third-order valence-electron chi connectivity index (χ3n) is 17.4. The second-order valence-electron chi connectivity index (χ2n) is 21.0. The molecule has 18 nitrogen and oxygen atoms in total. The van der Waals surface area contributed by atoms with E-state index in [4.69, 9.17) is 33.2 Å². The summed E-state index contributed by atoms with van der Waals surface area (Å²) >= 11 is 0. The van der Waals surface area contributed by atoms with E-state index >= 15 is 0 Å². The molecule has 4 heterocycles. The Morgan fingerprint density at radius 1 is 0.730 bits per heavy atom. The van der Waals surface area contributed by atoms with Gasteiger partial charge in [0.1, 0.15) is 67.1 Å². The smallest absolute Gasteiger partial charge is 0.187 e. The van der Waals surface area contributed by atoms with E-state index in [0.29, 0.717) is 43.4 Å². The summed E-state index contributed by atoms with van der Waals surface area (Å²) in [6.07, 6.45) is -13.5. The number of rotatable bonds is 12. The number of ether oxygens (including phenoxy) is 7. The maximum absolute atomic E-state index is 11.7. The number of hydrogen-bond acceptors (Lipinski definition) is 18. The average molecular weight is 903 g/mol. The summed E-state index contributed by atoms with van der Waals surface area (Å²) in [4.78, 5) is 0. The molecule has 0 bridgehead atoms. The first-order valence-corrected chi connectivity index (χ1v) is 23.4. The largest absolute Gasteiger partial charge is 0.396 e. The predicted molar refractivity (Wildman–Crippen MR) is 218 cm³/mol. The molecule has 0 radical (unpaired) electrons. The van der Waals surface area contributed by atoms with Crippen LogP contribution in [0.1, 0.15) is 92.4 Å². The van der Waals surface area contributed by atoms with Gasteiger partial charge in [-0.3, -0.25) is 0 Å². The lowest BCUT2D eigenvalue weighted by atomic mass is 9.47. The Bertz CT molecular complexity index is 1600. The fourth-order valence-electron chi connectivity index (χ4n) is 13.6. The van der Waals surface area contributed by atoms with Crippen LogP contribution in [-0.4, -0.2) is 186 Å². The van der Waals surface area contributed by atoms with Gasteiger partial charge in [-0.25, -0.2) is 0 Å². The van der Waals surface area contributed by atoms with E-state index in [9.17, 15) is 56.2 Å². The van der Waals surface area contributed by atoms with Crippen molar-refractivity contribution in [2.45, 2.75) is 203 Å². The number of hydrogen-bond donors (Lipinski definition) is 11. The Labute approximate surface area is 369 Å². The van der Waals surface area contributed by atoms with Crippen molar-refractivity contribution in [3.05, 3.63) is 11.6 Å². The van der Waals surface area contributed by atoms with Crippen LogP contribution in [0.25, 0.3) is 0 Å². The van der Waals surface area contributed by atoms with Crippen LogP contribution in [0.3, 0.4) is 0 Å². The summed E-state index contributed by atoms with van der Waals surface area (Å²) in [7, 11) is 0. The van der Waals surface area contributed by atoms with Gasteiger partial charge in [-0.2, -0.15) is 0 Å². The molecule has 7 fully saturated rings. The molecule has 3 unspecified atom stereocenters. The Kier molecular flexibility index (Phi) is 14.2. The summed E-state index contributed by atoms with van der Waals surface area (Å²) in [5, 5.41) is 117. The van der Waals surface area contributed by atoms with Crippen molar-refractivity contribution < 1.29 is 89.3 Å². The van der Waals surface area contributed by atoms with Crippen molar-refractivity contribution in [2.24, 2.45) is 46.3 Å². The average Bonchev–Trinajstić information content (AvgIpc) is 3.70. The highest BCUT2D eigenvalue weighted by Gasteiger charge is 2.68. The van der Waals surface area contributed by atoms with E-state index < -0.39 is 111 Å². The van der Waals surface area contributed by atoms with Crippen molar-refractivity contribution in [3.8, 4) is 0 Å². The molecule has 362 valence electrons. The van der Waals surface area contributed by atoms with Gasteiger partial charge in [0, 0.05) is 18.9 Å². The van der Waals surface area contributed by atoms with E-state index in [1.54, 1.807) is 0 Å². The highest BCUT2D eigenvalue weighted by molar-refractivity contribution is 5.26. The SMILES string of the molecule is CC(CO)CCC1(O)O[C@H]2C[C@H]3[C@@H]4CC=C5C[C@@H](O[C@@H]6O[C@H](CO)[C@@H](O)[C@H](O)[C@H]6O[C@@H]6O[C@H](C)[C@@H](OC7O[C@H](CO)[C@@H](O)[C@H](O)[C@H]7O)[C@H](O)[C@@H]6O)CC[C@]5(C)[C@H]4CC[C@]3(C)[C@H]2[C@@H]1C. The third-order valence-corrected chi connectivity index (χ3v) is 17.4. The van der Waals surface area contributed by atoms with Crippen molar-refractivity contribution in [1.29, 1.82) is 0 Å². The molecule has 11 N–H and O–H groups in total. The van der Waals surface area contributed by atoms with E-state index in [1.165, 1.54) is 12.5 Å².